The van der Waals surface area contributed by atoms with Gasteiger partial charge in [-0.15, -0.1) is 11.8 Å². The zero-order chi connectivity index (χ0) is 22.1. The molecule has 3 heterocycles. The fourth-order valence-electron chi connectivity index (χ4n) is 4.16. The van der Waals surface area contributed by atoms with Gasteiger partial charge in [-0.25, -0.2) is 0 Å². The Morgan fingerprint density at radius 2 is 2.00 bits per heavy atom. The van der Waals surface area contributed by atoms with Gasteiger partial charge in [-0.3, -0.25) is 14.4 Å². The second kappa shape index (κ2) is 8.74. The van der Waals surface area contributed by atoms with Crippen molar-refractivity contribution in [2.75, 3.05) is 25.2 Å². The number of carbonyl (C=O) groups is 3. The fourth-order valence-corrected chi connectivity index (χ4v) is 5.23. The first-order chi connectivity index (χ1) is 15.6. The third kappa shape index (κ3) is 4.12. The van der Waals surface area contributed by atoms with Crippen LogP contribution in [0, 0.1) is 5.92 Å². The topological polar surface area (TPSA) is 97.0 Å². The summed E-state index contributed by atoms with van der Waals surface area (Å²) in [7, 11) is 0. The van der Waals surface area contributed by atoms with Crippen LogP contribution in [0.5, 0.6) is 11.5 Å². The van der Waals surface area contributed by atoms with E-state index in [4.69, 9.17) is 9.47 Å². The third-order valence-corrected chi connectivity index (χ3v) is 7.12. The minimum atomic E-state index is -0.833. The molecule has 0 spiro atoms. The van der Waals surface area contributed by atoms with Crippen molar-refractivity contribution in [3.8, 4) is 11.5 Å². The highest BCUT2D eigenvalue weighted by Crippen LogP contribution is 2.36. The van der Waals surface area contributed by atoms with Crippen LogP contribution in [0.2, 0.25) is 0 Å². The van der Waals surface area contributed by atoms with Crippen LogP contribution in [-0.4, -0.2) is 47.8 Å². The van der Waals surface area contributed by atoms with E-state index in [-0.39, 0.29) is 30.4 Å². The first-order valence-electron chi connectivity index (χ1n) is 10.6. The molecule has 0 saturated carbocycles. The van der Waals surface area contributed by atoms with E-state index in [2.05, 4.69) is 10.6 Å². The Bertz CT molecular complexity index is 1080. The zero-order valence-corrected chi connectivity index (χ0v) is 18.2. The summed E-state index contributed by atoms with van der Waals surface area (Å²) < 4.78 is 10.7. The predicted octanol–water partition coefficient (Wildman–Crippen LogP) is 2.38. The molecule has 9 heteroatoms. The van der Waals surface area contributed by atoms with Crippen molar-refractivity contribution in [3.63, 3.8) is 0 Å². The Labute approximate surface area is 189 Å². The molecule has 0 aliphatic carbocycles. The standard InChI is InChI=1S/C23H23N3O5S/c27-21(24-11-14-7-8-17-18(10-14)31-13-30-17)15-4-3-9-26(12-15)23(29)20-22(28)25-16-5-1-2-6-19(16)32-20/h1-2,5-8,10,15,20H,3-4,9,11-13H2,(H,24,27)(H,25,28). The maximum atomic E-state index is 13.1. The Morgan fingerprint density at radius 3 is 2.91 bits per heavy atom. The molecule has 2 aromatic carbocycles. The highest BCUT2D eigenvalue weighted by atomic mass is 32.2. The smallest absolute Gasteiger partial charge is 0.247 e. The molecule has 3 aliphatic heterocycles. The van der Waals surface area contributed by atoms with Crippen molar-refractivity contribution in [1.82, 2.24) is 10.2 Å². The summed E-state index contributed by atoms with van der Waals surface area (Å²) in [5.41, 5.74) is 1.64. The number of nitrogens with zero attached hydrogens (tertiary/aromatic N) is 1. The number of benzene rings is 2. The fraction of sp³-hybridized carbons (Fsp3) is 0.348. The Balaban J connectivity index is 1.19. The maximum Gasteiger partial charge on any atom is 0.247 e. The molecule has 3 aliphatic rings. The number of hydrogen-bond acceptors (Lipinski definition) is 6. The normalized spacial score (nSPS) is 21.5. The van der Waals surface area contributed by atoms with Gasteiger partial charge in [0.15, 0.2) is 16.7 Å². The number of fused-ring (bicyclic) bond motifs is 2. The number of thioether (sulfide) groups is 1. The molecule has 1 fully saturated rings. The van der Waals surface area contributed by atoms with E-state index < -0.39 is 5.25 Å². The largest absolute Gasteiger partial charge is 0.454 e. The third-order valence-electron chi connectivity index (χ3n) is 5.86. The van der Waals surface area contributed by atoms with E-state index in [9.17, 15) is 14.4 Å². The van der Waals surface area contributed by atoms with E-state index in [1.807, 2.05) is 42.5 Å². The zero-order valence-electron chi connectivity index (χ0n) is 17.3. The van der Waals surface area contributed by atoms with Gasteiger partial charge in [-0.1, -0.05) is 18.2 Å². The highest BCUT2D eigenvalue weighted by molar-refractivity contribution is 8.01. The lowest BCUT2D eigenvalue weighted by molar-refractivity contribution is -0.137. The van der Waals surface area contributed by atoms with Gasteiger partial charge in [0.1, 0.15) is 0 Å². The number of likely N-dealkylation sites (tertiary alicyclic amines) is 1. The number of carbonyl (C=O) groups excluding carboxylic acids is 3. The molecule has 3 amide bonds. The summed E-state index contributed by atoms with van der Waals surface area (Å²) in [4.78, 5) is 41.0. The van der Waals surface area contributed by atoms with Gasteiger partial charge in [0.25, 0.3) is 0 Å². The van der Waals surface area contributed by atoms with Gasteiger partial charge >= 0.3 is 0 Å². The molecule has 0 radical (unpaired) electrons. The average Bonchev–Trinajstić information content (AvgIpc) is 3.29. The molecule has 0 aromatic heterocycles. The van der Waals surface area contributed by atoms with Gasteiger partial charge in [-0.2, -0.15) is 0 Å². The summed E-state index contributed by atoms with van der Waals surface area (Å²) in [6, 6.07) is 13.0. The number of piperidine rings is 1. The lowest BCUT2D eigenvalue weighted by Crippen LogP contribution is -2.50. The van der Waals surface area contributed by atoms with E-state index in [1.54, 1.807) is 4.90 Å². The Hall–Kier alpha value is -3.20. The van der Waals surface area contributed by atoms with Crippen molar-refractivity contribution in [1.29, 1.82) is 0 Å². The molecule has 2 atom stereocenters. The van der Waals surface area contributed by atoms with Crippen molar-refractivity contribution < 1.29 is 23.9 Å². The quantitative estimate of drug-likeness (QED) is 0.690. The minimum Gasteiger partial charge on any atom is -0.454 e. The second-order valence-corrected chi connectivity index (χ2v) is 9.16. The predicted molar refractivity (Wildman–Crippen MR) is 118 cm³/mol. The van der Waals surface area contributed by atoms with Crippen LogP contribution in [0.3, 0.4) is 0 Å². The molecule has 166 valence electrons. The molecule has 5 rings (SSSR count). The van der Waals surface area contributed by atoms with E-state index in [0.717, 1.165) is 22.6 Å². The van der Waals surface area contributed by atoms with E-state index >= 15 is 0 Å². The molecule has 8 nitrogen and oxygen atoms in total. The van der Waals surface area contributed by atoms with Gasteiger partial charge in [0.2, 0.25) is 24.5 Å². The number of amides is 3. The maximum absolute atomic E-state index is 13.1. The lowest BCUT2D eigenvalue weighted by atomic mass is 9.96. The van der Waals surface area contributed by atoms with Crippen molar-refractivity contribution >= 4 is 35.2 Å². The summed E-state index contributed by atoms with van der Waals surface area (Å²) in [5, 5.41) is 4.94. The molecule has 2 N–H and O–H groups in total. The molecule has 2 aromatic rings. The molecule has 2 unspecified atom stereocenters. The second-order valence-electron chi connectivity index (χ2n) is 8.01. The number of anilines is 1. The van der Waals surface area contributed by atoms with Gasteiger partial charge in [0.05, 0.1) is 11.6 Å². The summed E-state index contributed by atoms with van der Waals surface area (Å²) >= 11 is 1.27. The first-order valence-corrected chi connectivity index (χ1v) is 11.5. The SMILES string of the molecule is O=C(NCc1ccc2c(c1)OCO2)C1CCCN(C(=O)C2Sc3ccccc3NC2=O)C1. The number of nitrogens with one attached hydrogen (secondary N) is 2. The van der Waals surface area contributed by atoms with Crippen LogP contribution in [0.1, 0.15) is 18.4 Å². The van der Waals surface area contributed by atoms with E-state index in [1.165, 1.54) is 11.8 Å². The Morgan fingerprint density at radius 1 is 1.16 bits per heavy atom. The molecular weight excluding hydrogens is 430 g/mol. The van der Waals surface area contributed by atoms with Crippen LogP contribution in [-0.2, 0) is 20.9 Å². The van der Waals surface area contributed by atoms with Crippen LogP contribution < -0.4 is 20.1 Å². The van der Waals surface area contributed by atoms with Gasteiger partial charge < -0.3 is 25.0 Å². The van der Waals surface area contributed by atoms with Crippen molar-refractivity contribution in [3.05, 3.63) is 48.0 Å². The average molecular weight is 454 g/mol. The molecule has 32 heavy (non-hydrogen) atoms. The van der Waals surface area contributed by atoms with E-state index in [0.29, 0.717) is 37.6 Å². The van der Waals surface area contributed by atoms with Gasteiger partial charge in [0, 0.05) is 24.5 Å². The van der Waals surface area contributed by atoms with Crippen LogP contribution in [0.4, 0.5) is 5.69 Å². The summed E-state index contributed by atoms with van der Waals surface area (Å²) in [5.74, 6) is 0.435. The molecule has 0 bridgehead atoms. The number of para-hydroxylation sites is 1. The highest BCUT2D eigenvalue weighted by Gasteiger charge is 2.38. The summed E-state index contributed by atoms with van der Waals surface area (Å²) in [6.45, 7) is 1.45. The van der Waals surface area contributed by atoms with Crippen LogP contribution in [0.15, 0.2) is 47.4 Å². The lowest BCUT2D eigenvalue weighted by Gasteiger charge is -2.35. The monoisotopic (exact) mass is 453 g/mol. The molecule has 1 saturated heterocycles. The van der Waals surface area contributed by atoms with Crippen molar-refractivity contribution in [2.24, 2.45) is 5.92 Å². The summed E-state index contributed by atoms with van der Waals surface area (Å²) in [6.07, 6.45) is 1.44. The van der Waals surface area contributed by atoms with Gasteiger partial charge in [-0.05, 0) is 42.7 Å². The number of ether oxygens (including phenoxy) is 2. The minimum absolute atomic E-state index is 0.0914. The van der Waals surface area contributed by atoms with Crippen molar-refractivity contribution in [2.45, 2.75) is 29.5 Å². The number of rotatable bonds is 4. The van der Waals surface area contributed by atoms with Crippen LogP contribution >= 0.6 is 11.8 Å². The van der Waals surface area contributed by atoms with Crippen LogP contribution in [0.25, 0.3) is 0 Å². The number of hydrogen-bond donors (Lipinski definition) is 2. The Kier molecular flexibility index (Phi) is 5.65. The molecular formula is C23H23N3O5S. The first kappa shape index (κ1) is 20.7.